The van der Waals surface area contributed by atoms with Crippen LogP contribution in [0.3, 0.4) is 0 Å². The maximum atomic E-state index is 11.5. The van der Waals surface area contributed by atoms with Gasteiger partial charge in [0.15, 0.2) is 0 Å². The third-order valence-corrected chi connectivity index (χ3v) is 3.35. The van der Waals surface area contributed by atoms with Gasteiger partial charge in [-0.25, -0.2) is 4.79 Å². The fourth-order valence-corrected chi connectivity index (χ4v) is 2.55. The van der Waals surface area contributed by atoms with Crippen LogP contribution in [0.5, 0.6) is 0 Å². The van der Waals surface area contributed by atoms with Gasteiger partial charge in [0.05, 0.1) is 16.8 Å². The molecular weight excluding hydrogens is 238 g/mol. The van der Waals surface area contributed by atoms with Gasteiger partial charge in [-0.2, -0.15) is 0 Å². The van der Waals surface area contributed by atoms with E-state index in [0.29, 0.717) is 5.56 Å². The number of fused-ring (bicyclic) bond motifs is 1. The second kappa shape index (κ2) is 4.28. The lowest BCUT2D eigenvalue weighted by Gasteiger charge is -2.04. The Kier molecular flexibility index (Phi) is 2.60. The van der Waals surface area contributed by atoms with Crippen LogP contribution in [-0.4, -0.2) is 15.5 Å². The highest BCUT2D eigenvalue weighted by molar-refractivity contribution is 6.00. The van der Waals surface area contributed by atoms with E-state index in [-0.39, 0.29) is 0 Å². The van der Waals surface area contributed by atoms with Crippen molar-refractivity contribution in [3.8, 4) is 11.3 Å². The summed E-state index contributed by atoms with van der Waals surface area (Å²) in [5.41, 5.74) is 3.86. The van der Waals surface area contributed by atoms with Crippen molar-refractivity contribution in [2.75, 3.05) is 0 Å². The largest absolute Gasteiger partial charge is 0.478 e. The number of benzene rings is 1. The molecule has 0 saturated heterocycles. The molecule has 0 aliphatic rings. The Hall–Kier alpha value is -2.55. The fourth-order valence-electron chi connectivity index (χ4n) is 2.55. The van der Waals surface area contributed by atoms with E-state index >= 15 is 0 Å². The molecular formula is C16H13NO2. The smallest absolute Gasteiger partial charge is 0.338 e. The molecule has 0 fully saturated rings. The maximum absolute atomic E-state index is 11.5. The van der Waals surface area contributed by atoms with Crippen molar-refractivity contribution in [2.45, 2.75) is 6.92 Å². The lowest BCUT2D eigenvalue weighted by atomic mass is 10.1. The van der Waals surface area contributed by atoms with Crippen LogP contribution < -0.4 is 0 Å². The number of aromatic carboxylic acids is 1. The molecule has 0 atom stereocenters. The second-order valence-electron chi connectivity index (χ2n) is 4.48. The van der Waals surface area contributed by atoms with Gasteiger partial charge in [-0.3, -0.25) is 0 Å². The third kappa shape index (κ3) is 1.71. The Labute approximate surface area is 110 Å². The molecule has 94 valence electrons. The Morgan fingerprint density at radius 1 is 1.05 bits per heavy atom. The van der Waals surface area contributed by atoms with Crippen LogP contribution in [0, 0.1) is 6.92 Å². The first kappa shape index (κ1) is 11.5. The van der Waals surface area contributed by atoms with Crippen LogP contribution in [-0.2, 0) is 0 Å². The average molecular weight is 251 g/mol. The summed E-state index contributed by atoms with van der Waals surface area (Å²) in [6.07, 6.45) is 1.90. The quantitative estimate of drug-likeness (QED) is 0.756. The highest BCUT2D eigenvalue weighted by Crippen LogP contribution is 2.31. The standard InChI is InChI=1S/C16H13NO2/c1-11-14(16(18)19)13-9-5-6-10-17(13)15(11)12-7-3-2-4-8-12/h2-10H,1H3,(H,18,19). The van der Waals surface area contributed by atoms with Crippen LogP contribution in [0.2, 0.25) is 0 Å². The van der Waals surface area contributed by atoms with Gasteiger partial charge in [0.25, 0.3) is 0 Å². The molecule has 3 aromatic rings. The molecule has 2 heterocycles. The second-order valence-corrected chi connectivity index (χ2v) is 4.48. The molecule has 0 radical (unpaired) electrons. The van der Waals surface area contributed by atoms with Crippen LogP contribution in [0.4, 0.5) is 0 Å². The topological polar surface area (TPSA) is 41.7 Å². The minimum absolute atomic E-state index is 0.374. The number of carbonyl (C=O) groups is 1. The number of rotatable bonds is 2. The predicted molar refractivity (Wildman–Crippen MR) is 74.5 cm³/mol. The number of pyridine rings is 1. The lowest BCUT2D eigenvalue weighted by molar-refractivity contribution is 0.0698. The summed E-state index contributed by atoms with van der Waals surface area (Å²) in [5, 5.41) is 9.41. The van der Waals surface area contributed by atoms with Crippen molar-refractivity contribution < 1.29 is 9.90 Å². The van der Waals surface area contributed by atoms with Gasteiger partial charge >= 0.3 is 5.97 Å². The highest BCUT2D eigenvalue weighted by atomic mass is 16.4. The molecule has 0 unspecified atom stereocenters. The van der Waals surface area contributed by atoms with Gasteiger partial charge in [-0.15, -0.1) is 0 Å². The molecule has 19 heavy (non-hydrogen) atoms. The molecule has 0 aliphatic heterocycles. The molecule has 3 nitrogen and oxygen atoms in total. The normalized spacial score (nSPS) is 10.8. The minimum atomic E-state index is -0.886. The number of hydrogen-bond donors (Lipinski definition) is 1. The van der Waals surface area contributed by atoms with E-state index in [0.717, 1.165) is 22.3 Å². The molecule has 0 amide bonds. The van der Waals surface area contributed by atoms with Crippen LogP contribution in [0.15, 0.2) is 54.7 Å². The lowest BCUT2D eigenvalue weighted by Crippen LogP contribution is -1.97. The van der Waals surface area contributed by atoms with E-state index < -0.39 is 5.97 Å². The van der Waals surface area contributed by atoms with E-state index in [1.165, 1.54) is 0 Å². The van der Waals surface area contributed by atoms with Gasteiger partial charge in [0, 0.05) is 6.20 Å². The van der Waals surface area contributed by atoms with Gasteiger partial charge < -0.3 is 9.51 Å². The number of carboxylic acid groups (broad SMARTS) is 1. The van der Waals surface area contributed by atoms with Gasteiger partial charge in [0.2, 0.25) is 0 Å². The minimum Gasteiger partial charge on any atom is -0.478 e. The average Bonchev–Trinajstić information content (AvgIpc) is 2.71. The van der Waals surface area contributed by atoms with E-state index in [4.69, 9.17) is 0 Å². The zero-order valence-corrected chi connectivity index (χ0v) is 10.5. The van der Waals surface area contributed by atoms with Crippen LogP contribution in [0.25, 0.3) is 16.8 Å². The van der Waals surface area contributed by atoms with Crippen molar-refractivity contribution >= 4 is 11.5 Å². The molecule has 0 spiro atoms. The summed E-state index contributed by atoms with van der Waals surface area (Å²) in [5.74, 6) is -0.886. The number of hydrogen-bond acceptors (Lipinski definition) is 1. The maximum Gasteiger partial charge on any atom is 0.338 e. The first-order valence-electron chi connectivity index (χ1n) is 6.08. The number of aromatic nitrogens is 1. The molecule has 3 rings (SSSR count). The summed E-state index contributed by atoms with van der Waals surface area (Å²) in [7, 11) is 0. The predicted octanol–water partition coefficient (Wildman–Crippen LogP) is 3.61. The Morgan fingerprint density at radius 3 is 2.42 bits per heavy atom. The number of carboxylic acids is 1. The molecule has 1 aromatic carbocycles. The fraction of sp³-hybridized carbons (Fsp3) is 0.0625. The highest BCUT2D eigenvalue weighted by Gasteiger charge is 2.20. The van der Waals surface area contributed by atoms with Crippen molar-refractivity contribution in [1.29, 1.82) is 0 Å². The van der Waals surface area contributed by atoms with E-state index in [1.54, 1.807) is 0 Å². The molecule has 3 heteroatoms. The molecule has 0 bridgehead atoms. The Morgan fingerprint density at radius 2 is 1.74 bits per heavy atom. The van der Waals surface area contributed by atoms with Crippen molar-refractivity contribution in [3.05, 3.63) is 65.9 Å². The van der Waals surface area contributed by atoms with Gasteiger partial charge in [0.1, 0.15) is 0 Å². The summed E-state index contributed by atoms with van der Waals surface area (Å²) in [6.45, 7) is 1.86. The number of nitrogens with zero attached hydrogens (tertiary/aromatic N) is 1. The Bertz CT molecular complexity index is 757. The molecule has 1 N–H and O–H groups in total. The third-order valence-electron chi connectivity index (χ3n) is 3.35. The first-order valence-corrected chi connectivity index (χ1v) is 6.08. The van der Waals surface area contributed by atoms with Crippen LogP contribution >= 0.6 is 0 Å². The van der Waals surface area contributed by atoms with Crippen molar-refractivity contribution in [3.63, 3.8) is 0 Å². The van der Waals surface area contributed by atoms with E-state index in [2.05, 4.69) is 0 Å². The van der Waals surface area contributed by atoms with Gasteiger partial charge in [-0.1, -0.05) is 36.4 Å². The summed E-state index contributed by atoms with van der Waals surface area (Å²) >= 11 is 0. The van der Waals surface area contributed by atoms with Crippen molar-refractivity contribution in [2.24, 2.45) is 0 Å². The van der Waals surface area contributed by atoms with E-state index in [1.807, 2.05) is 66.1 Å². The van der Waals surface area contributed by atoms with Gasteiger partial charge in [-0.05, 0) is 30.2 Å². The Balaban J connectivity index is 2.43. The molecule has 0 aliphatic carbocycles. The van der Waals surface area contributed by atoms with E-state index in [9.17, 15) is 9.90 Å². The molecule has 2 aromatic heterocycles. The van der Waals surface area contributed by atoms with Crippen molar-refractivity contribution in [1.82, 2.24) is 4.40 Å². The summed E-state index contributed by atoms with van der Waals surface area (Å²) in [6, 6.07) is 15.5. The monoisotopic (exact) mass is 251 g/mol. The SMILES string of the molecule is Cc1c(C(=O)O)c2ccccn2c1-c1ccccc1. The summed E-state index contributed by atoms with van der Waals surface area (Å²) in [4.78, 5) is 11.5. The van der Waals surface area contributed by atoms with Crippen LogP contribution in [0.1, 0.15) is 15.9 Å². The zero-order chi connectivity index (χ0) is 13.4. The molecule has 0 saturated carbocycles. The summed E-state index contributed by atoms with van der Waals surface area (Å²) < 4.78 is 1.94. The zero-order valence-electron chi connectivity index (χ0n) is 10.5. The first-order chi connectivity index (χ1) is 9.20.